The van der Waals surface area contributed by atoms with Gasteiger partial charge in [0.2, 0.25) is 11.8 Å². The number of nitrogens with zero attached hydrogens (tertiary/aromatic N) is 1. The molecule has 3 aliphatic rings. The third-order valence-corrected chi connectivity index (χ3v) is 8.98. The summed E-state index contributed by atoms with van der Waals surface area (Å²) in [5.74, 6) is 1.17. The van der Waals surface area contributed by atoms with Crippen molar-refractivity contribution in [2.45, 2.75) is 69.6 Å². The third-order valence-electron chi connectivity index (χ3n) is 6.91. The molecule has 2 aliphatic heterocycles. The molecule has 1 aliphatic carbocycles. The summed E-state index contributed by atoms with van der Waals surface area (Å²) in [7, 11) is -1.24. The van der Waals surface area contributed by atoms with Gasteiger partial charge in [0.15, 0.2) is 0 Å². The van der Waals surface area contributed by atoms with Crippen molar-refractivity contribution in [2.24, 2.45) is 5.92 Å². The Labute approximate surface area is 163 Å². The van der Waals surface area contributed by atoms with E-state index in [1.165, 1.54) is 10.8 Å². The van der Waals surface area contributed by atoms with Gasteiger partial charge in [-0.1, -0.05) is 49.1 Å². The second-order valence-electron chi connectivity index (χ2n) is 9.91. The van der Waals surface area contributed by atoms with Crippen LogP contribution in [0, 0.1) is 5.92 Å². The van der Waals surface area contributed by atoms with Gasteiger partial charge in [-0.05, 0) is 43.6 Å². The van der Waals surface area contributed by atoms with Crippen molar-refractivity contribution in [3.8, 4) is 0 Å². The average Bonchev–Trinajstić information content (AvgIpc) is 3.02. The Hall–Kier alpha value is -1.62. The highest BCUT2D eigenvalue weighted by atomic mass is 28.3. The molecule has 1 spiro atoms. The Morgan fingerprint density at radius 3 is 2.26 bits per heavy atom. The number of amides is 2. The molecule has 0 atom stereocenters. The molecule has 4 rings (SSSR count). The lowest BCUT2D eigenvalue weighted by atomic mass is 9.67. The van der Waals surface area contributed by atoms with Crippen molar-refractivity contribution in [3.63, 3.8) is 0 Å². The van der Waals surface area contributed by atoms with Gasteiger partial charge in [0.05, 0.1) is 8.07 Å². The van der Waals surface area contributed by atoms with E-state index in [4.69, 9.17) is 0 Å². The number of piperidine rings is 1. The number of carbonyl (C=O) groups is 2. The summed E-state index contributed by atoms with van der Waals surface area (Å²) in [5, 5.41) is 4.60. The Balaban J connectivity index is 1.29. The molecule has 1 saturated carbocycles. The maximum Gasteiger partial charge on any atom is 0.225 e. The predicted octanol–water partition coefficient (Wildman–Crippen LogP) is 3.00. The average molecular weight is 385 g/mol. The molecule has 2 heterocycles. The largest absolute Gasteiger partial charge is 0.351 e. The number of hydrogen-bond acceptors (Lipinski definition) is 2. The van der Waals surface area contributed by atoms with Crippen LogP contribution in [0.4, 0.5) is 0 Å². The molecule has 0 radical (unpaired) electrons. The molecule has 2 saturated heterocycles. The standard InChI is InChI=1S/C22H32N2O2Si/c1-27(2,3)19-6-4-16(5-7-19)17-9-12-24(13-10-17)21(26)18-14-22(15-18)11-8-20(25)23-22/h4-7,17-18H,8-15H2,1-3H3,(H,23,25). The Morgan fingerprint density at radius 1 is 1.11 bits per heavy atom. The number of hydrogen-bond donors (Lipinski definition) is 1. The summed E-state index contributed by atoms with van der Waals surface area (Å²) in [4.78, 5) is 26.4. The van der Waals surface area contributed by atoms with E-state index < -0.39 is 8.07 Å². The number of benzene rings is 1. The first-order chi connectivity index (χ1) is 12.8. The second kappa shape index (κ2) is 6.76. The zero-order valence-corrected chi connectivity index (χ0v) is 17.9. The van der Waals surface area contributed by atoms with Crippen LogP contribution in [0.15, 0.2) is 24.3 Å². The quantitative estimate of drug-likeness (QED) is 0.815. The molecule has 1 aromatic rings. The van der Waals surface area contributed by atoms with Crippen molar-refractivity contribution in [3.05, 3.63) is 29.8 Å². The van der Waals surface area contributed by atoms with E-state index in [2.05, 4.69) is 54.1 Å². The van der Waals surface area contributed by atoms with E-state index in [0.717, 1.165) is 45.2 Å². The maximum absolute atomic E-state index is 12.8. The van der Waals surface area contributed by atoms with Gasteiger partial charge in [0.1, 0.15) is 0 Å². The van der Waals surface area contributed by atoms with Crippen molar-refractivity contribution < 1.29 is 9.59 Å². The molecule has 3 fully saturated rings. The van der Waals surface area contributed by atoms with Crippen LogP contribution >= 0.6 is 0 Å². The zero-order valence-electron chi connectivity index (χ0n) is 16.9. The van der Waals surface area contributed by atoms with Crippen LogP contribution in [0.5, 0.6) is 0 Å². The molecule has 4 nitrogen and oxygen atoms in total. The maximum atomic E-state index is 12.8. The fraction of sp³-hybridized carbons (Fsp3) is 0.636. The van der Waals surface area contributed by atoms with Crippen LogP contribution in [0.25, 0.3) is 0 Å². The molecular weight excluding hydrogens is 352 g/mol. The summed E-state index contributed by atoms with van der Waals surface area (Å²) in [6.07, 6.45) is 5.35. The minimum atomic E-state index is -1.24. The second-order valence-corrected chi connectivity index (χ2v) is 15.0. The lowest BCUT2D eigenvalue weighted by Gasteiger charge is -2.46. The van der Waals surface area contributed by atoms with Crippen LogP contribution in [-0.4, -0.2) is 43.4 Å². The van der Waals surface area contributed by atoms with Crippen molar-refractivity contribution in [1.29, 1.82) is 0 Å². The molecule has 0 unspecified atom stereocenters. The summed E-state index contributed by atoms with van der Waals surface area (Å²) in [5.41, 5.74) is 1.38. The molecular formula is C22H32N2O2Si. The van der Waals surface area contributed by atoms with E-state index in [9.17, 15) is 9.59 Å². The monoisotopic (exact) mass is 384 g/mol. The summed E-state index contributed by atoms with van der Waals surface area (Å²) in [6.45, 7) is 8.89. The normalized spacial score (nSPS) is 28.9. The van der Waals surface area contributed by atoms with E-state index in [1.807, 2.05) is 0 Å². The lowest BCUT2D eigenvalue weighted by Crippen LogP contribution is -2.57. The van der Waals surface area contributed by atoms with E-state index in [0.29, 0.717) is 18.2 Å². The summed E-state index contributed by atoms with van der Waals surface area (Å²) >= 11 is 0. The van der Waals surface area contributed by atoms with Gasteiger partial charge in [0, 0.05) is 31.0 Å². The van der Waals surface area contributed by atoms with E-state index in [1.54, 1.807) is 0 Å². The molecule has 0 aromatic heterocycles. The topological polar surface area (TPSA) is 49.4 Å². The fourth-order valence-corrected chi connectivity index (χ4v) is 6.25. The SMILES string of the molecule is C[Si](C)(C)c1ccc(C2CCN(C(=O)C3CC4(CCC(=O)N4)C3)CC2)cc1. The van der Waals surface area contributed by atoms with E-state index in [-0.39, 0.29) is 17.4 Å². The number of rotatable bonds is 3. The zero-order chi connectivity index (χ0) is 19.2. The third kappa shape index (κ3) is 3.71. The molecule has 5 heteroatoms. The number of likely N-dealkylation sites (tertiary alicyclic amines) is 1. The highest BCUT2D eigenvalue weighted by molar-refractivity contribution is 6.88. The van der Waals surface area contributed by atoms with Crippen molar-refractivity contribution in [2.75, 3.05) is 13.1 Å². The molecule has 27 heavy (non-hydrogen) atoms. The first-order valence-electron chi connectivity index (χ1n) is 10.5. The predicted molar refractivity (Wildman–Crippen MR) is 111 cm³/mol. The van der Waals surface area contributed by atoms with Crippen LogP contribution in [0.2, 0.25) is 19.6 Å². The first kappa shape index (κ1) is 18.7. The van der Waals surface area contributed by atoms with Crippen molar-refractivity contribution >= 4 is 25.1 Å². The smallest absolute Gasteiger partial charge is 0.225 e. The Bertz CT molecular complexity index is 724. The van der Waals surface area contributed by atoms with Gasteiger partial charge in [-0.15, -0.1) is 0 Å². The highest BCUT2D eigenvalue weighted by Crippen LogP contribution is 2.45. The van der Waals surface area contributed by atoms with Crippen LogP contribution in [0.1, 0.15) is 50.0 Å². The van der Waals surface area contributed by atoms with Crippen LogP contribution in [0.3, 0.4) is 0 Å². The Kier molecular flexibility index (Phi) is 4.69. The van der Waals surface area contributed by atoms with Crippen LogP contribution < -0.4 is 10.5 Å². The Morgan fingerprint density at radius 2 is 1.74 bits per heavy atom. The summed E-state index contributed by atoms with van der Waals surface area (Å²) < 4.78 is 0. The first-order valence-corrected chi connectivity index (χ1v) is 14.0. The van der Waals surface area contributed by atoms with Gasteiger partial charge < -0.3 is 10.2 Å². The molecule has 1 aromatic carbocycles. The minimum Gasteiger partial charge on any atom is -0.351 e. The molecule has 0 bridgehead atoms. The van der Waals surface area contributed by atoms with E-state index >= 15 is 0 Å². The van der Waals surface area contributed by atoms with Crippen LogP contribution in [-0.2, 0) is 9.59 Å². The van der Waals surface area contributed by atoms with Crippen molar-refractivity contribution in [1.82, 2.24) is 10.2 Å². The van der Waals surface area contributed by atoms with Gasteiger partial charge in [0.25, 0.3) is 0 Å². The number of carbonyl (C=O) groups excluding carboxylic acids is 2. The minimum absolute atomic E-state index is 0.0478. The van der Waals surface area contributed by atoms with Gasteiger partial charge in [-0.2, -0.15) is 0 Å². The fourth-order valence-electron chi connectivity index (χ4n) is 5.08. The van der Waals surface area contributed by atoms with Gasteiger partial charge in [-0.25, -0.2) is 0 Å². The molecule has 2 amide bonds. The highest BCUT2D eigenvalue weighted by Gasteiger charge is 2.51. The van der Waals surface area contributed by atoms with Gasteiger partial charge >= 0.3 is 0 Å². The summed E-state index contributed by atoms with van der Waals surface area (Å²) in [6, 6.07) is 9.27. The number of nitrogens with one attached hydrogen (secondary N) is 1. The molecule has 146 valence electrons. The lowest BCUT2D eigenvalue weighted by molar-refractivity contribution is -0.142. The van der Waals surface area contributed by atoms with Gasteiger partial charge in [-0.3, -0.25) is 9.59 Å². The molecule has 1 N–H and O–H groups in total.